The molecule has 5 heteroatoms. The molecule has 0 fully saturated rings. The maximum atomic E-state index is 12.7. The van der Waals surface area contributed by atoms with Crippen LogP contribution in [0.2, 0.25) is 0 Å². The van der Waals surface area contributed by atoms with Crippen molar-refractivity contribution in [1.29, 1.82) is 0 Å². The van der Waals surface area contributed by atoms with Crippen molar-refractivity contribution in [1.82, 2.24) is 4.72 Å². The van der Waals surface area contributed by atoms with Crippen molar-refractivity contribution in [2.24, 2.45) is 5.92 Å². The van der Waals surface area contributed by atoms with Crippen LogP contribution in [0.15, 0.2) is 17.0 Å². The number of hydrogen-bond donors (Lipinski definition) is 2. The zero-order valence-electron chi connectivity index (χ0n) is 13.4. The largest absolute Gasteiger partial charge is 0.385 e. The highest BCUT2D eigenvalue weighted by Gasteiger charge is 2.25. The zero-order valence-corrected chi connectivity index (χ0v) is 14.2. The highest BCUT2D eigenvalue weighted by atomic mass is 32.2. The van der Waals surface area contributed by atoms with Gasteiger partial charge in [0.1, 0.15) is 0 Å². The zero-order chi connectivity index (χ0) is 15.6. The quantitative estimate of drug-likeness (QED) is 0.879. The Balaban J connectivity index is 2.32. The molecule has 1 aliphatic heterocycles. The first kappa shape index (κ1) is 16.3. The number of nitrogens with one attached hydrogen (secondary N) is 2. The standard InChI is InChI=1S/C16H26N2O2S/c1-11(2)10-13(4)18-21(19,20)15-8-7-12(3)16-14(15)6-5-9-17-16/h7-8,11,13,17-18H,5-6,9-10H2,1-4H3. The molecular formula is C16H26N2O2S. The van der Waals surface area contributed by atoms with Gasteiger partial charge in [0, 0.05) is 18.3 Å². The fourth-order valence-corrected chi connectivity index (χ4v) is 4.58. The molecule has 0 aliphatic carbocycles. The summed E-state index contributed by atoms with van der Waals surface area (Å²) in [5, 5.41) is 3.34. The molecule has 0 saturated carbocycles. The first-order chi connectivity index (χ1) is 9.81. The predicted octanol–water partition coefficient (Wildman–Crippen LogP) is 3.07. The topological polar surface area (TPSA) is 58.2 Å². The third kappa shape index (κ3) is 3.77. The predicted molar refractivity (Wildman–Crippen MR) is 87.2 cm³/mol. The third-order valence-electron chi connectivity index (χ3n) is 3.85. The van der Waals surface area contributed by atoms with E-state index in [4.69, 9.17) is 0 Å². The Labute approximate surface area is 128 Å². The minimum absolute atomic E-state index is 0.0523. The molecule has 1 aliphatic rings. The summed E-state index contributed by atoms with van der Waals surface area (Å²) in [5.74, 6) is 0.469. The minimum atomic E-state index is -3.45. The lowest BCUT2D eigenvalue weighted by molar-refractivity contribution is 0.482. The third-order valence-corrected chi connectivity index (χ3v) is 5.53. The van der Waals surface area contributed by atoms with Crippen LogP contribution in [0.25, 0.3) is 0 Å². The van der Waals surface area contributed by atoms with Gasteiger partial charge >= 0.3 is 0 Å². The molecule has 2 rings (SSSR count). The van der Waals surface area contributed by atoms with Crippen LogP contribution in [0.1, 0.15) is 44.7 Å². The fraction of sp³-hybridized carbons (Fsp3) is 0.625. The van der Waals surface area contributed by atoms with Crippen molar-refractivity contribution >= 4 is 15.7 Å². The molecule has 2 N–H and O–H groups in total. The Morgan fingerprint density at radius 3 is 2.67 bits per heavy atom. The molecule has 4 nitrogen and oxygen atoms in total. The van der Waals surface area contributed by atoms with Crippen LogP contribution < -0.4 is 10.0 Å². The Kier molecular flexibility index (Phi) is 4.94. The van der Waals surface area contributed by atoms with E-state index in [1.54, 1.807) is 6.07 Å². The van der Waals surface area contributed by atoms with Gasteiger partial charge in [-0.2, -0.15) is 0 Å². The number of fused-ring (bicyclic) bond motifs is 1. The lowest BCUT2D eigenvalue weighted by Gasteiger charge is -2.24. The molecule has 1 aromatic rings. The summed E-state index contributed by atoms with van der Waals surface area (Å²) in [6, 6.07) is 3.58. The van der Waals surface area contributed by atoms with E-state index in [0.717, 1.165) is 42.6 Å². The highest BCUT2D eigenvalue weighted by Crippen LogP contribution is 2.31. The van der Waals surface area contributed by atoms with Crippen LogP contribution in [0.5, 0.6) is 0 Å². The summed E-state index contributed by atoms with van der Waals surface area (Å²) in [6.45, 7) is 9.05. The maximum Gasteiger partial charge on any atom is 0.241 e. The van der Waals surface area contributed by atoms with E-state index in [2.05, 4.69) is 23.9 Å². The lowest BCUT2D eigenvalue weighted by atomic mass is 10.00. The number of anilines is 1. The Hall–Kier alpha value is -1.07. The Bertz CT molecular complexity index is 609. The van der Waals surface area contributed by atoms with Gasteiger partial charge in [0.2, 0.25) is 10.0 Å². The Morgan fingerprint density at radius 2 is 2.00 bits per heavy atom. The second-order valence-electron chi connectivity index (χ2n) is 6.42. The van der Waals surface area contributed by atoms with E-state index >= 15 is 0 Å². The van der Waals surface area contributed by atoms with Gasteiger partial charge in [0.15, 0.2) is 0 Å². The van der Waals surface area contributed by atoms with Gasteiger partial charge in [-0.05, 0) is 56.2 Å². The van der Waals surface area contributed by atoms with Crippen LogP contribution in [0, 0.1) is 12.8 Å². The molecule has 21 heavy (non-hydrogen) atoms. The highest BCUT2D eigenvalue weighted by molar-refractivity contribution is 7.89. The molecule has 0 bridgehead atoms. The second kappa shape index (κ2) is 6.36. The summed E-state index contributed by atoms with van der Waals surface area (Å²) < 4.78 is 28.2. The van der Waals surface area contributed by atoms with Gasteiger partial charge in [-0.1, -0.05) is 19.9 Å². The molecule has 0 radical (unpaired) electrons. The normalized spacial score (nSPS) is 16.4. The monoisotopic (exact) mass is 310 g/mol. The SMILES string of the molecule is Cc1ccc(S(=O)(=O)NC(C)CC(C)C)c2c1NCCC2. The van der Waals surface area contributed by atoms with Crippen molar-refractivity contribution in [3.05, 3.63) is 23.3 Å². The lowest BCUT2D eigenvalue weighted by Crippen LogP contribution is -2.34. The molecule has 118 valence electrons. The molecule has 0 spiro atoms. The molecule has 1 heterocycles. The van der Waals surface area contributed by atoms with E-state index in [1.165, 1.54) is 0 Å². The first-order valence-corrected chi connectivity index (χ1v) is 9.18. The van der Waals surface area contributed by atoms with Crippen LogP contribution in [0.3, 0.4) is 0 Å². The van der Waals surface area contributed by atoms with Crippen LogP contribution in [-0.2, 0) is 16.4 Å². The van der Waals surface area contributed by atoms with E-state index < -0.39 is 10.0 Å². The van der Waals surface area contributed by atoms with Crippen LogP contribution in [0.4, 0.5) is 5.69 Å². The summed E-state index contributed by atoms with van der Waals surface area (Å²) in [5.41, 5.74) is 3.05. The molecular weight excluding hydrogens is 284 g/mol. The van der Waals surface area contributed by atoms with E-state index in [1.807, 2.05) is 19.9 Å². The van der Waals surface area contributed by atoms with E-state index in [0.29, 0.717) is 10.8 Å². The Morgan fingerprint density at radius 1 is 1.29 bits per heavy atom. The molecule has 0 aromatic heterocycles. The molecule has 1 atom stereocenters. The summed E-state index contributed by atoms with van der Waals surface area (Å²) in [7, 11) is -3.45. The maximum absolute atomic E-state index is 12.7. The second-order valence-corrected chi connectivity index (χ2v) is 8.10. The summed E-state index contributed by atoms with van der Waals surface area (Å²) in [6.07, 6.45) is 2.63. The van der Waals surface area contributed by atoms with Gasteiger partial charge in [-0.3, -0.25) is 0 Å². The number of sulfonamides is 1. The van der Waals surface area contributed by atoms with Crippen molar-refractivity contribution in [2.45, 2.75) is 57.9 Å². The van der Waals surface area contributed by atoms with Crippen molar-refractivity contribution < 1.29 is 8.42 Å². The van der Waals surface area contributed by atoms with Gasteiger partial charge in [-0.25, -0.2) is 13.1 Å². The number of aryl methyl sites for hydroxylation is 1. The van der Waals surface area contributed by atoms with Gasteiger partial charge in [0.05, 0.1) is 4.90 Å². The molecule has 0 saturated heterocycles. The number of benzene rings is 1. The smallest absolute Gasteiger partial charge is 0.241 e. The summed E-state index contributed by atoms with van der Waals surface area (Å²) >= 11 is 0. The first-order valence-electron chi connectivity index (χ1n) is 7.70. The number of hydrogen-bond acceptors (Lipinski definition) is 3. The van der Waals surface area contributed by atoms with Gasteiger partial charge < -0.3 is 5.32 Å². The van der Waals surface area contributed by atoms with E-state index in [9.17, 15) is 8.42 Å². The van der Waals surface area contributed by atoms with Crippen LogP contribution >= 0.6 is 0 Å². The van der Waals surface area contributed by atoms with Gasteiger partial charge in [0.25, 0.3) is 0 Å². The minimum Gasteiger partial charge on any atom is -0.385 e. The number of rotatable bonds is 5. The fourth-order valence-electron chi connectivity index (χ4n) is 3.05. The van der Waals surface area contributed by atoms with Gasteiger partial charge in [-0.15, -0.1) is 0 Å². The molecule has 1 aromatic carbocycles. The van der Waals surface area contributed by atoms with E-state index in [-0.39, 0.29) is 6.04 Å². The van der Waals surface area contributed by atoms with Crippen molar-refractivity contribution in [3.63, 3.8) is 0 Å². The average Bonchev–Trinajstić information content (AvgIpc) is 2.37. The summed E-state index contributed by atoms with van der Waals surface area (Å²) in [4.78, 5) is 0.436. The van der Waals surface area contributed by atoms with Crippen LogP contribution in [-0.4, -0.2) is 21.0 Å². The molecule has 1 unspecified atom stereocenters. The molecule has 0 amide bonds. The van der Waals surface area contributed by atoms with Crippen molar-refractivity contribution in [3.8, 4) is 0 Å². The van der Waals surface area contributed by atoms with Crippen molar-refractivity contribution in [2.75, 3.05) is 11.9 Å². The average molecular weight is 310 g/mol.